The van der Waals surface area contributed by atoms with Gasteiger partial charge in [-0.2, -0.15) is 0 Å². The lowest BCUT2D eigenvalue weighted by Crippen LogP contribution is -2.55. The van der Waals surface area contributed by atoms with Crippen LogP contribution in [0.5, 0.6) is 0 Å². The zero-order valence-corrected chi connectivity index (χ0v) is 29.5. The van der Waals surface area contributed by atoms with Gasteiger partial charge in [-0.1, -0.05) is 141 Å². The largest absolute Gasteiger partial charge is 0.0622 e. The Bertz CT molecular complexity index is 2530. The predicted octanol–water partition coefficient (Wildman–Crippen LogP) is 13.4. The number of hydrogen-bond donors (Lipinski definition) is 0. The van der Waals surface area contributed by atoms with E-state index in [2.05, 4.69) is 147 Å². The molecule has 6 aliphatic rings. The van der Waals surface area contributed by atoms with Crippen molar-refractivity contribution in [3.05, 3.63) is 156 Å². The standard InChI is InChI=1S/C51H42/c1-50(2)42-22-12-10-20-39(42)48-47-40-21-11-13-23-43(40)51(33-25-30-24-31(27-33)28-34(51)26-30)44(47)29-41(49(48)50)46-37-18-8-6-16-35(37)45(32-14-4-3-5-15-32)36-17-7-9-19-38(36)46/h3-23,29-31,33-34H,24-28H2,1-2H3. The van der Waals surface area contributed by atoms with Crippen LogP contribution >= 0.6 is 0 Å². The summed E-state index contributed by atoms with van der Waals surface area (Å²) >= 11 is 0. The maximum Gasteiger partial charge on any atom is 0.0272 e. The van der Waals surface area contributed by atoms with Crippen molar-refractivity contribution in [2.24, 2.45) is 23.7 Å². The van der Waals surface area contributed by atoms with E-state index in [1.165, 1.54) is 104 Å². The summed E-state index contributed by atoms with van der Waals surface area (Å²) in [6.07, 6.45) is 7.06. The first-order valence-corrected chi connectivity index (χ1v) is 19.5. The third-order valence-electron chi connectivity index (χ3n) is 14.6. The van der Waals surface area contributed by atoms with Gasteiger partial charge in [-0.05, 0) is 150 Å². The second kappa shape index (κ2) is 9.89. The first-order valence-electron chi connectivity index (χ1n) is 19.5. The minimum Gasteiger partial charge on any atom is -0.0622 e. The Hall–Kier alpha value is -4.94. The van der Waals surface area contributed by atoms with E-state index in [1.807, 2.05) is 0 Å². The fourth-order valence-corrected chi connectivity index (χ4v) is 13.1. The van der Waals surface area contributed by atoms with E-state index in [0.717, 1.165) is 23.7 Å². The average molecular weight is 655 g/mol. The Labute approximate surface area is 301 Å². The molecule has 1 spiro atoms. The zero-order valence-electron chi connectivity index (χ0n) is 29.5. The fraction of sp³-hybridized carbons (Fsp3) is 0.255. The molecule has 7 aromatic rings. The third kappa shape index (κ3) is 3.47. The minimum atomic E-state index is -0.147. The normalized spacial score (nSPS) is 25.7. The van der Waals surface area contributed by atoms with E-state index in [4.69, 9.17) is 0 Å². The Morgan fingerprint density at radius 1 is 0.412 bits per heavy atom. The smallest absolute Gasteiger partial charge is 0.0272 e. The molecule has 7 aromatic carbocycles. The second-order valence-electron chi connectivity index (χ2n) is 17.2. The van der Waals surface area contributed by atoms with E-state index in [9.17, 15) is 0 Å². The lowest BCUT2D eigenvalue weighted by Gasteiger charge is -2.61. The molecule has 0 heteroatoms. The van der Waals surface area contributed by atoms with Gasteiger partial charge in [-0.3, -0.25) is 0 Å². The molecule has 0 aliphatic heterocycles. The molecule has 0 unspecified atom stereocenters. The highest BCUT2D eigenvalue weighted by Crippen LogP contribution is 2.72. The Morgan fingerprint density at radius 2 is 0.902 bits per heavy atom. The molecule has 0 heterocycles. The first-order chi connectivity index (χ1) is 25.0. The van der Waals surface area contributed by atoms with Crippen molar-refractivity contribution < 1.29 is 0 Å². The quantitative estimate of drug-likeness (QED) is 0.163. The maximum atomic E-state index is 2.79. The van der Waals surface area contributed by atoms with E-state index in [0.29, 0.717) is 0 Å². The van der Waals surface area contributed by atoms with Crippen LogP contribution in [0.2, 0.25) is 0 Å². The van der Waals surface area contributed by atoms with Crippen molar-refractivity contribution in [3.8, 4) is 44.5 Å². The number of benzene rings is 7. The van der Waals surface area contributed by atoms with Gasteiger partial charge in [0.2, 0.25) is 0 Å². The lowest BCUT2D eigenvalue weighted by atomic mass is 9.43. The van der Waals surface area contributed by atoms with Crippen LogP contribution in [-0.4, -0.2) is 0 Å². The molecule has 0 radical (unpaired) electrons. The third-order valence-corrected chi connectivity index (χ3v) is 14.6. The van der Waals surface area contributed by atoms with Gasteiger partial charge in [0, 0.05) is 10.8 Å². The monoisotopic (exact) mass is 654 g/mol. The minimum absolute atomic E-state index is 0.0976. The molecule has 0 aromatic heterocycles. The van der Waals surface area contributed by atoms with Gasteiger partial charge < -0.3 is 0 Å². The molecular weight excluding hydrogens is 613 g/mol. The van der Waals surface area contributed by atoms with Crippen LogP contribution in [0.15, 0.2) is 133 Å². The molecule has 0 amide bonds. The topological polar surface area (TPSA) is 0 Å². The van der Waals surface area contributed by atoms with Gasteiger partial charge >= 0.3 is 0 Å². The van der Waals surface area contributed by atoms with Crippen LogP contribution in [0.4, 0.5) is 0 Å². The Balaban J connectivity index is 1.28. The molecule has 0 saturated heterocycles. The van der Waals surface area contributed by atoms with Gasteiger partial charge in [-0.15, -0.1) is 0 Å². The Kier molecular flexibility index (Phi) is 5.57. The molecule has 13 rings (SSSR count). The van der Waals surface area contributed by atoms with Crippen LogP contribution < -0.4 is 0 Å². The molecule has 51 heavy (non-hydrogen) atoms. The number of fused-ring (bicyclic) bond motifs is 9. The SMILES string of the molecule is CC1(C)c2ccccc2-c2c3c(cc(-c4c5ccccc5c(-c5ccccc5)c5ccccc45)c21)C1(c2ccccc2-3)C2CC3CC(C2)CC1C3. The van der Waals surface area contributed by atoms with E-state index in [-0.39, 0.29) is 10.8 Å². The van der Waals surface area contributed by atoms with Gasteiger partial charge in [0.1, 0.15) is 0 Å². The van der Waals surface area contributed by atoms with Gasteiger partial charge in [0.15, 0.2) is 0 Å². The molecule has 0 nitrogen and oxygen atoms in total. The van der Waals surface area contributed by atoms with Crippen LogP contribution in [0.1, 0.15) is 68.2 Å². The highest BCUT2D eigenvalue weighted by atomic mass is 14.7. The van der Waals surface area contributed by atoms with Crippen LogP contribution in [0, 0.1) is 23.7 Å². The molecule has 0 atom stereocenters. The summed E-state index contributed by atoms with van der Waals surface area (Å²) in [4.78, 5) is 0. The molecule has 4 fully saturated rings. The summed E-state index contributed by atoms with van der Waals surface area (Å²) in [6, 6.07) is 51.5. The van der Waals surface area contributed by atoms with Crippen LogP contribution in [-0.2, 0) is 10.8 Å². The second-order valence-corrected chi connectivity index (χ2v) is 17.2. The summed E-state index contributed by atoms with van der Waals surface area (Å²) in [7, 11) is 0. The van der Waals surface area contributed by atoms with Crippen LogP contribution in [0.3, 0.4) is 0 Å². The van der Waals surface area contributed by atoms with E-state index in [1.54, 1.807) is 16.7 Å². The van der Waals surface area contributed by atoms with Gasteiger partial charge in [0.05, 0.1) is 0 Å². The molecular formula is C51H42. The van der Waals surface area contributed by atoms with Gasteiger partial charge in [0.25, 0.3) is 0 Å². The van der Waals surface area contributed by atoms with Crippen molar-refractivity contribution in [1.29, 1.82) is 0 Å². The van der Waals surface area contributed by atoms with Gasteiger partial charge in [-0.25, -0.2) is 0 Å². The molecule has 0 N–H and O–H groups in total. The predicted molar refractivity (Wildman–Crippen MR) is 213 cm³/mol. The summed E-state index contributed by atoms with van der Waals surface area (Å²) < 4.78 is 0. The zero-order chi connectivity index (χ0) is 33.6. The maximum absolute atomic E-state index is 2.79. The summed E-state index contributed by atoms with van der Waals surface area (Å²) in [5.41, 5.74) is 17.8. The van der Waals surface area contributed by atoms with Crippen LogP contribution in [0.25, 0.3) is 66.1 Å². The van der Waals surface area contributed by atoms with Crippen molar-refractivity contribution in [3.63, 3.8) is 0 Å². The van der Waals surface area contributed by atoms with Crippen molar-refractivity contribution in [2.45, 2.75) is 56.8 Å². The van der Waals surface area contributed by atoms with E-state index >= 15 is 0 Å². The molecule has 6 aliphatic carbocycles. The molecule has 4 bridgehead atoms. The average Bonchev–Trinajstić information content (AvgIpc) is 3.58. The number of rotatable bonds is 2. The van der Waals surface area contributed by atoms with E-state index < -0.39 is 0 Å². The highest BCUT2D eigenvalue weighted by Gasteiger charge is 2.62. The highest BCUT2D eigenvalue weighted by molar-refractivity contribution is 6.22. The Morgan fingerprint density at radius 3 is 1.51 bits per heavy atom. The van der Waals surface area contributed by atoms with Crippen molar-refractivity contribution in [1.82, 2.24) is 0 Å². The van der Waals surface area contributed by atoms with Crippen molar-refractivity contribution >= 4 is 21.5 Å². The summed E-state index contributed by atoms with van der Waals surface area (Å²) in [5, 5.41) is 5.40. The molecule has 246 valence electrons. The fourth-order valence-electron chi connectivity index (χ4n) is 13.1. The summed E-state index contributed by atoms with van der Waals surface area (Å²) in [6.45, 7) is 4.99. The summed E-state index contributed by atoms with van der Waals surface area (Å²) in [5.74, 6) is 3.28. The lowest BCUT2D eigenvalue weighted by molar-refractivity contribution is -0.0399. The van der Waals surface area contributed by atoms with Crippen molar-refractivity contribution in [2.75, 3.05) is 0 Å². The first kappa shape index (κ1) is 28.7. The molecule has 4 saturated carbocycles. The number of hydrogen-bond acceptors (Lipinski definition) is 0.